The summed E-state index contributed by atoms with van der Waals surface area (Å²) in [7, 11) is 0. The van der Waals surface area contributed by atoms with Gasteiger partial charge in [0.1, 0.15) is 0 Å². The first kappa shape index (κ1) is 14.8. The first-order valence-corrected chi connectivity index (χ1v) is 8.89. The number of nitrogens with two attached hydrogens (primary N) is 1. The van der Waals surface area contributed by atoms with Crippen LogP contribution < -0.4 is 5.73 Å². The minimum atomic E-state index is 0.483. The highest BCUT2D eigenvalue weighted by Crippen LogP contribution is 2.37. The fourth-order valence-corrected chi connectivity index (χ4v) is 4.83. The quantitative estimate of drug-likeness (QED) is 0.842. The van der Waals surface area contributed by atoms with E-state index in [4.69, 9.17) is 5.73 Å². The van der Waals surface area contributed by atoms with Crippen molar-refractivity contribution in [2.24, 2.45) is 17.6 Å². The highest BCUT2D eigenvalue weighted by Gasteiger charge is 2.40. The summed E-state index contributed by atoms with van der Waals surface area (Å²) in [4.78, 5) is 5.47. The van der Waals surface area contributed by atoms with Crippen molar-refractivity contribution in [3.63, 3.8) is 0 Å². The Bertz CT molecular complexity index is 317. The molecule has 3 fully saturated rings. The first-order valence-electron chi connectivity index (χ1n) is 8.89. The minimum absolute atomic E-state index is 0.483. The maximum atomic E-state index is 6.37. The third kappa shape index (κ3) is 3.05. The van der Waals surface area contributed by atoms with Gasteiger partial charge in [-0.15, -0.1) is 0 Å². The molecule has 3 aliphatic rings. The van der Waals surface area contributed by atoms with Crippen molar-refractivity contribution in [1.82, 2.24) is 9.80 Å². The molecule has 20 heavy (non-hydrogen) atoms. The molecule has 0 amide bonds. The molecular weight excluding hydrogens is 246 g/mol. The molecule has 2 N–H and O–H groups in total. The SMILES string of the molecule is CC(C)N1CCCC(N2CC3CCCC(N)C3C2)CC1. The lowest BCUT2D eigenvalue weighted by atomic mass is 9.78. The maximum absolute atomic E-state index is 6.37. The van der Waals surface area contributed by atoms with Gasteiger partial charge in [-0.05, 0) is 70.9 Å². The number of nitrogens with zero attached hydrogens (tertiary/aromatic N) is 2. The van der Waals surface area contributed by atoms with E-state index in [2.05, 4.69) is 23.6 Å². The Morgan fingerprint density at radius 1 is 0.950 bits per heavy atom. The molecule has 3 rings (SSSR count). The van der Waals surface area contributed by atoms with Gasteiger partial charge in [0.15, 0.2) is 0 Å². The topological polar surface area (TPSA) is 32.5 Å². The van der Waals surface area contributed by atoms with E-state index in [1.54, 1.807) is 0 Å². The van der Waals surface area contributed by atoms with Gasteiger partial charge in [-0.1, -0.05) is 6.42 Å². The fraction of sp³-hybridized carbons (Fsp3) is 1.00. The van der Waals surface area contributed by atoms with Gasteiger partial charge < -0.3 is 10.6 Å². The Kier molecular flexibility index (Phi) is 4.68. The average Bonchev–Trinajstić information content (AvgIpc) is 2.70. The molecule has 2 aliphatic heterocycles. The predicted octanol–water partition coefficient (Wildman–Crippen LogP) is 2.31. The number of rotatable bonds is 2. The van der Waals surface area contributed by atoms with E-state index in [0.29, 0.717) is 12.1 Å². The van der Waals surface area contributed by atoms with Crippen molar-refractivity contribution >= 4 is 0 Å². The third-order valence-electron chi connectivity index (χ3n) is 6.16. The van der Waals surface area contributed by atoms with Crippen LogP contribution in [0.25, 0.3) is 0 Å². The van der Waals surface area contributed by atoms with E-state index in [1.165, 1.54) is 64.7 Å². The summed E-state index contributed by atoms with van der Waals surface area (Å²) < 4.78 is 0. The highest BCUT2D eigenvalue weighted by molar-refractivity contribution is 4.95. The zero-order chi connectivity index (χ0) is 14.1. The van der Waals surface area contributed by atoms with E-state index >= 15 is 0 Å². The van der Waals surface area contributed by atoms with Crippen molar-refractivity contribution < 1.29 is 0 Å². The lowest BCUT2D eigenvalue weighted by molar-refractivity contribution is 0.194. The molecular formula is C17H33N3. The van der Waals surface area contributed by atoms with Crippen LogP contribution in [0.4, 0.5) is 0 Å². The summed E-state index contributed by atoms with van der Waals surface area (Å²) in [5, 5.41) is 0. The van der Waals surface area contributed by atoms with Gasteiger partial charge >= 0.3 is 0 Å². The number of hydrogen-bond donors (Lipinski definition) is 1. The normalized spacial score (nSPS) is 40.8. The predicted molar refractivity (Wildman–Crippen MR) is 84.7 cm³/mol. The Balaban J connectivity index is 1.57. The lowest BCUT2D eigenvalue weighted by Gasteiger charge is -2.30. The third-order valence-corrected chi connectivity index (χ3v) is 6.16. The van der Waals surface area contributed by atoms with Crippen LogP contribution in [0.5, 0.6) is 0 Å². The Labute approximate surface area is 124 Å². The van der Waals surface area contributed by atoms with Gasteiger partial charge in [0.25, 0.3) is 0 Å². The van der Waals surface area contributed by atoms with Crippen LogP contribution in [0.2, 0.25) is 0 Å². The first-order chi connectivity index (χ1) is 9.65. The zero-order valence-electron chi connectivity index (χ0n) is 13.4. The summed E-state index contributed by atoms with van der Waals surface area (Å²) in [6.07, 6.45) is 8.20. The smallest absolute Gasteiger partial charge is 0.0108 e. The molecule has 3 nitrogen and oxygen atoms in total. The zero-order valence-corrected chi connectivity index (χ0v) is 13.4. The van der Waals surface area contributed by atoms with Crippen molar-refractivity contribution in [2.45, 2.75) is 70.5 Å². The summed E-state index contributed by atoms with van der Waals surface area (Å²) in [6.45, 7) is 9.89. The van der Waals surface area contributed by atoms with Crippen molar-refractivity contribution in [3.8, 4) is 0 Å². The molecule has 0 spiro atoms. The second kappa shape index (κ2) is 6.33. The molecule has 1 saturated carbocycles. The number of hydrogen-bond acceptors (Lipinski definition) is 3. The Morgan fingerprint density at radius 3 is 2.55 bits per heavy atom. The second-order valence-corrected chi connectivity index (χ2v) is 7.69. The molecule has 0 aromatic heterocycles. The second-order valence-electron chi connectivity index (χ2n) is 7.69. The van der Waals surface area contributed by atoms with Crippen LogP contribution >= 0.6 is 0 Å². The van der Waals surface area contributed by atoms with Crippen LogP contribution in [-0.4, -0.2) is 54.1 Å². The molecule has 2 saturated heterocycles. The van der Waals surface area contributed by atoms with Crippen LogP contribution in [0.1, 0.15) is 52.4 Å². The van der Waals surface area contributed by atoms with E-state index in [9.17, 15) is 0 Å². The molecule has 0 bridgehead atoms. The van der Waals surface area contributed by atoms with Crippen molar-refractivity contribution in [1.29, 1.82) is 0 Å². The van der Waals surface area contributed by atoms with Crippen LogP contribution in [-0.2, 0) is 0 Å². The maximum Gasteiger partial charge on any atom is 0.0108 e. The van der Waals surface area contributed by atoms with E-state index in [-0.39, 0.29) is 0 Å². The lowest BCUT2D eigenvalue weighted by Crippen LogP contribution is -2.39. The number of fused-ring (bicyclic) bond motifs is 1. The molecule has 4 atom stereocenters. The molecule has 3 heteroatoms. The van der Waals surface area contributed by atoms with Crippen molar-refractivity contribution in [3.05, 3.63) is 0 Å². The molecule has 1 aliphatic carbocycles. The summed E-state index contributed by atoms with van der Waals surface area (Å²) in [5.74, 6) is 1.71. The van der Waals surface area contributed by atoms with Gasteiger partial charge in [-0.25, -0.2) is 0 Å². The van der Waals surface area contributed by atoms with Gasteiger partial charge in [0.2, 0.25) is 0 Å². The highest BCUT2D eigenvalue weighted by atomic mass is 15.2. The van der Waals surface area contributed by atoms with E-state index < -0.39 is 0 Å². The molecule has 4 unspecified atom stereocenters. The summed E-state index contributed by atoms with van der Waals surface area (Å²) in [6, 6.07) is 2.02. The van der Waals surface area contributed by atoms with Crippen LogP contribution in [0.15, 0.2) is 0 Å². The van der Waals surface area contributed by atoms with E-state index in [1.807, 2.05) is 0 Å². The van der Waals surface area contributed by atoms with Gasteiger partial charge in [0, 0.05) is 31.2 Å². The van der Waals surface area contributed by atoms with Gasteiger partial charge in [-0.2, -0.15) is 0 Å². The molecule has 0 aromatic rings. The van der Waals surface area contributed by atoms with Gasteiger partial charge in [0.05, 0.1) is 0 Å². The largest absolute Gasteiger partial charge is 0.327 e. The molecule has 0 aromatic carbocycles. The standard InChI is InChI=1S/C17H33N3/c1-13(2)19-9-4-6-15(8-10-19)20-11-14-5-3-7-17(18)16(14)12-20/h13-17H,3-12,18H2,1-2H3. The molecule has 0 radical (unpaired) electrons. The van der Waals surface area contributed by atoms with Gasteiger partial charge in [-0.3, -0.25) is 4.90 Å². The fourth-order valence-electron chi connectivity index (χ4n) is 4.83. The van der Waals surface area contributed by atoms with Crippen molar-refractivity contribution in [2.75, 3.05) is 26.2 Å². The van der Waals surface area contributed by atoms with Crippen LogP contribution in [0, 0.1) is 11.8 Å². The average molecular weight is 279 g/mol. The summed E-state index contributed by atoms with van der Waals surface area (Å²) >= 11 is 0. The monoisotopic (exact) mass is 279 g/mol. The minimum Gasteiger partial charge on any atom is -0.327 e. The Morgan fingerprint density at radius 2 is 1.80 bits per heavy atom. The Hall–Kier alpha value is -0.120. The molecule has 2 heterocycles. The molecule has 116 valence electrons. The van der Waals surface area contributed by atoms with E-state index in [0.717, 1.165) is 17.9 Å². The number of likely N-dealkylation sites (tertiary alicyclic amines) is 2. The van der Waals surface area contributed by atoms with Crippen LogP contribution in [0.3, 0.4) is 0 Å². The summed E-state index contributed by atoms with van der Waals surface area (Å²) in [5.41, 5.74) is 6.37.